The predicted octanol–water partition coefficient (Wildman–Crippen LogP) is 5.65. The van der Waals surface area contributed by atoms with Crippen LogP contribution in [0.2, 0.25) is 0 Å². The minimum absolute atomic E-state index is 0.725. The molecular weight excluding hydrogens is 292 g/mol. The molecular formula is C22H40N2. The minimum Gasteiger partial charge on any atom is -0.316 e. The van der Waals surface area contributed by atoms with Crippen molar-refractivity contribution in [3.05, 3.63) is 41.5 Å². The smallest absolute Gasteiger partial charge is 0.0162 e. The molecule has 2 heteroatoms. The van der Waals surface area contributed by atoms with Gasteiger partial charge in [-0.25, -0.2) is 0 Å². The maximum Gasteiger partial charge on any atom is 0.0162 e. The highest BCUT2D eigenvalue weighted by atomic mass is 14.9. The molecule has 0 saturated carbocycles. The summed E-state index contributed by atoms with van der Waals surface area (Å²) in [6.07, 6.45) is 10.3. The molecule has 0 spiro atoms. The summed E-state index contributed by atoms with van der Waals surface area (Å²) in [4.78, 5) is 0. The zero-order valence-electron chi connectivity index (χ0n) is 16.7. The normalized spacial score (nSPS) is 12.5. The number of benzene rings is 1. The number of unbranched alkanes of at least 4 members (excludes halogenated alkanes) is 3. The van der Waals surface area contributed by atoms with Crippen LogP contribution in [0, 0.1) is 0 Å². The number of likely N-dealkylation sites (N-methyl/N-ethyl adjacent to an activating group) is 1. The van der Waals surface area contributed by atoms with Gasteiger partial charge in [0.1, 0.15) is 0 Å². The van der Waals surface area contributed by atoms with Gasteiger partial charge in [0.25, 0.3) is 0 Å². The van der Waals surface area contributed by atoms with E-state index in [9.17, 15) is 0 Å². The highest BCUT2D eigenvalue weighted by Crippen LogP contribution is 2.04. The first-order valence-corrected chi connectivity index (χ1v) is 9.74. The summed E-state index contributed by atoms with van der Waals surface area (Å²) in [5.74, 6) is 0. The summed E-state index contributed by atoms with van der Waals surface area (Å²) < 4.78 is 0. The lowest BCUT2D eigenvalue weighted by molar-refractivity contribution is 0.481. The quantitative estimate of drug-likeness (QED) is 0.511. The topological polar surface area (TPSA) is 24.1 Å². The minimum atomic E-state index is 0.725. The zero-order valence-corrected chi connectivity index (χ0v) is 16.7. The Hall–Kier alpha value is -1.12. The number of nitrogens with one attached hydrogen (secondary N) is 2. The third-order valence-electron chi connectivity index (χ3n) is 3.93. The van der Waals surface area contributed by atoms with Crippen LogP contribution in [0.1, 0.15) is 71.8 Å². The molecule has 138 valence electrons. The van der Waals surface area contributed by atoms with Crippen LogP contribution in [-0.2, 0) is 0 Å². The lowest BCUT2D eigenvalue weighted by Gasteiger charge is -2.12. The van der Waals surface area contributed by atoms with E-state index in [-0.39, 0.29) is 0 Å². The maximum absolute atomic E-state index is 3.54. The van der Waals surface area contributed by atoms with Crippen molar-refractivity contribution >= 4 is 6.08 Å². The van der Waals surface area contributed by atoms with Crippen LogP contribution in [0.4, 0.5) is 0 Å². The number of hydrogen-bond acceptors (Lipinski definition) is 2. The highest BCUT2D eigenvalue weighted by Gasteiger charge is 1.98. The fourth-order valence-electron chi connectivity index (χ4n) is 2.49. The van der Waals surface area contributed by atoms with Crippen molar-refractivity contribution in [3.8, 4) is 0 Å². The SMILES string of the molecule is CCCCCC(C)NCCCC.CNC/C(C)=C/c1ccccc1. The first kappa shape index (κ1) is 22.9. The second-order valence-corrected chi connectivity index (χ2v) is 6.64. The Bertz CT molecular complexity index is 388. The van der Waals surface area contributed by atoms with Crippen LogP contribution in [0.5, 0.6) is 0 Å². The molecule has 0 amide bonds. The van der Waals surface area contributed by atoms with E-state index in [1.165, 1.54) is 56.2 Å². The van der Waals surface area contributed by atoms with Gasteiger partial charge in [-0.05, 0) is 45.8 Å². The summed E-state index contributed by atoms with van der Waals surface area (Å²) in [5, 5.41) is 6.66. The van der Waals surface area contributed by atoms with Crippen LogP contribution in [-0.4, -0.2) is 26.2 Å². The van der Waals surface area contributed by atoms with E-state index in [0.717, 1.165) is 12.6 Å². The fraction of sp³-hybridized carbons (Fsp3) is 0.636. The van der Waals surface area contributed by atoms with E-state index in [1.54, 1.807) is 0 Å². The second kappa shape index (κ2) is 16.7. The molecule has 0 heterocycles. The van der Waals surface area contributed by atoms with Crippen molar-refractivity contribution in [2.75, 3.05) is 20.1 Å². The molecule has 2 N–H and O–H groups in total. The van der Waals surface area contributed by atoms with Crippen molar-refractivity contribution < 1.29 is 0 Å². The molecule has 1 rings (SSSR count). The van der Waals surface area contributed by atoms with Crippen LogP contribution < -0.4 is 10.6 Å². The molecule has 0 fully saturated rings. The summed E-state index contributed by atoms with van der Waals surface area (Å²) in [5.41, 5.74) is 2.62. The molecule has 1 atom stereocenters. The van der Waals surface area contributed by atoms with Gasteiger partial charge in [0.15, 0.2) is 0 Å². The largest absolute Gasteiger partial charge is 0.316 e. The molecule has 1 aromatic carbocycles. The first-order chi connectivity index (χ1) is 11.6. The molecule has 0 radical (unpaired) electrons. The third kappa shape index (κ3) is 14.5. The van der Waals surface area contributed by atoms with E-state index >= 15 is 0 Å². The standard InChI is InChI=1S/C11H15N.C11H25N/c1-10(9-12-2)8-11-6-4-3-5-7-11;1-4-6-8-9-11(3)12-10-7-5-2/h3-8,12H,9H2,1-2H3;11-12H,4-10H2,1-3H3/b10-8+;. The Morgan fingerprint density at radius 3 is 2.29 bits per heavy atom. The lowest BCUT2D eigenvalue weighted by Crippen LogP contribution is -2.26. The van der Waals surface area contributed by atoms with Crippen molar-refractivity contribution in [2.24, 2.45) is 0 Å². The monoisotopic (exact) mass is 332 g/mol. The van der Waals surface area contributed by atoms with E-state index in [2.05, 4.69) is 68.7 Å². The van der Waals surface area contributed by atoms with Gasteiger partial charge in [-0.3, -0.25) is 0 Å². The number of hydrogen-bond donors (Lipinski definition) is 2. The summed E-state index contributed by atoms with van der Waals surface area (Å²) in [6, 6.07) is 11.1. The van der Waals surface area contributed by atoms with Gasteiger partial charge in [0.2, 0.25) is 0 Å². The second-order valence-electron chi connectivity index (χ2n) is 6.64. The molecule has 24 heavy (non-hydrogen) atoms. The Morgan fingerprint density at radius 1 is 1.04 bits per heavy atom. The molecule has 0 aliphatic rings. The van der Waals surface area contributed by atoms with Gasteiger partial charge in [-0.15, -0.1) is 0 Å². The van der Waals surface area contributed by atoms with Crippen LogP contribution >= 0.6 is 0 Å². The van der Waals surface area contributed by atoms with Gasteiger partial charge in [0.05, 0.1) is 0 Å². The van der Waals surface area contributed by atoms with Crippen LogP contribution in [0.25, 0.3) is 6.08 Å². The Morgan fingerprint density at radius 2 is 1.71 bits per heavy atom. The zero-order chi connectivity index (χ0) is 18.0. The van der Waals surface area contributed by atoms with Crippen LogP contribution in [0.3, 0.4) is 0 Å². The van der Waals surface area contributed by atoms with Gasteiger partial charge in [-0.1, -0.05) is 81.5 Å². The predicted molar refractivity (Wildman–Crippen MR) is 111 cm³/mol. The molecule has 0 saturated heterocycles. The van der Waals surface area contributed by atoms with E-state index in [4.69, 9.17) is 0 Å². The Balaban J connectivity index is 0.000000441. The van der Waals surface area contributed by atoms with Crippen molar-refractivity contribution in [1.82, 2.24) is 10.6 Å². The van der Waals surface area contributed by atoms with Crippen LogP contribution in [0.15, 0.2) is 35.9 Å². The molecule has 2 nitrogen and oxygen atoms in total. The highest BCUT2D eigenvalue weighted by molar-refractivity contribution is 5.52. The lowest BCUT2D eigenvalue weighted by atomic mass is 10.1. The van der Waals surface area contributed by atoms with Gasteiger partial charge in [-0.2, -0.15) is 0 Å². The van der Waals surface area contributed by atoms with Crippen molar-refractivity contribution in [3.63, 3.8) is 0 Å². The van der Waals surface area contributed by atoms with E-state index < -0.39 is 0 Å². The molecule has 0 aromatic heterocycles. The summed E-state index contributed by atoms with van der Waals surface area (Å²) in [6.45, 7) is 11.1. The van der Waals surface area contributed by atoms with E-state index in [0.29, 0.717) is 0 Å². The van der Waals surface area contributed by atoms with Gasteiger partial charge < -0.3 is 10.6 Å². The fourth-order valence-corrected chi connectivity index (χ4v) is 2.49. The molecule has 1 unspecified atom stereocenters. The summed E-state index contributed by atoms with van der Waals surface area (Å²) >= 11 is 0. The molecule has 0 bridgehead atoms. The molecule has 1 aromatic rings. The first-order valence-electron chi connectivity index (χ1n) is 9.74. The van der Waals surface area contributed by atoms with Crippen molar-refractivity contribution in [2.45, 2.75) is 72.3 Å². The molecule has 0 aliphatic carbocycles. The molecule has 0 aliphatic heterocycles. The van der Waals surface area contributed by atoms with Gasteiger partial charge in [0, 0.05) is 12.6 Å². The maximum atomic E-state index is 3.54. The average molecular weight is 333 g/mol. The van der Waals surface area contributed by atoms with E-state index in [1.807, 2.05) is 13.1 Å². The Kier molecular flexibility index (Phi) is 15.9. The average Bonchev–Trinajstić information content (AvgIpc) is 2.57. The number of rotatable bonds is 11. The van der Waals surface area contributed by atoms with Crippen molar-refractivity contribution in [1.29, 1.82) is 0 Å². The third-order valence-corrected chi connectivity index (χ3v) is 3.93. The van der Waals surface area contributed by atoms with Gasteiger partial charge >= 0.3 is 0 Å². The Labute approximate surface area is 151 Å². The summed E-state index contributed by atoms with van der Waals surface area (Å²) in [7, 11) is 1.96.